The molecular weight excluding hydrogens is 233 g/mol. The van der Waals surface area contributed by atoms with Crippen molar-refractivity contribution in [3.05, 3.63) is 28.0 Å². The molecule has 0 unspecified atom stereocenters. The third-order valence-corrected chi connectivity index (χ3v) is 2.58. The summed E-state index contributed by atoms with van der Waals surface area (Å²) >= 11 is 11.6. The van der Waals surface area contributed by atoms with Crippen molar-refractivity contribution in [1.29, 1.82) is 0 Å². The Kier molecular flexibility index (Phi) is 3.74. The molecule has 0 N–H and O–H groups in total. The van der Waals surface area contributed by atoms with Gasteiger partial charge in [-0.1, -0.05) is 44.0 Å². The Morgan fingerprint density at radius 2 is 2.00 bits per heavy atom. The second-order valence-corrected chi connectivity index (χ2v) is 5.28. The molecule has 82 valence electrons. The molecule has 0 atom stereocenters. The van der Waals surface area contributed by atoms with E-state index in [0.29, 0.717) is 15.7 Å². The first-order valence-electron chi connectivity index (χ1n) is 4.64. The number of halogens is 2. The topological polar surface area (TPSA) is 30.0 Å². The number of Topliss-reactive ketones (excluding diaryl/α,β-unsaturated/α-hetero) is 1. The normalized spacial score (nSPS) is 11.5. The minimum absolute atomic E-state index is 0.110. The number of rotatable bonds is 2. The highest BCUT2D eigenvalue weighted by Crippen LogP contribution is 2.22. The summed E-state index contributed by atoms with van der Waals surface area (Å²) < 4.78 is 0. The highest BCUT2D eigenvalue weighted by Gasteiger charge is 2.22. The van der Waals surface area contributed by atoms with Gasteiger partial charge in [-0.2, -0.15) is 0 Å². The molecule has 1 heterocycles. The number of hydrogen-bond donors (Lipinski definition) is 0. The number of aromatic nitrogens is 1. The first-order valence-corrected chi connectivity index (χ1v) is 5.39. The maximum Gasteiger partial charge on any atom is 0.144 e. The van der Waals surface area contributed by atoms with Gasteiger partial charge in [0.15, 0.2) is 0 Å². The van der Waals surface area contributed by atoms with Crippen LogP contribution < -0.4 is 0 Å². The van der Waals surface area contributed by atoms with Crippen LogP contribution in [0.15, 0.2) is 12.3 Å². The minimum Gasteiger partial charge on any atom is -0.299 e. The molecule has 4 heteroatoms. The fourth-order valence-corrected chi connectivity index (χ4v) is 1.44. The summed E-state index contributed by atoms with van der Waals surface area (Å²) in [7, 11) is 0. The van der Waals surface area contributed by atoms with Crippen LogP contribution in [0.25, 0.3) is 0 Å². The van der Waals surface area contributed by atoms with Gasteiger partial charge in [0.25, 0.3) is 0 Å². The summed E-state index contributed by atoms with van der Waals surface area (Å²) in [4.78, 5) is 15.8. The first kappa shape index (κ1) is 12.5. The van der Waals surface area contributed by atoms with E-state index in [9.17, 15) is 4.79 Å². The lowest BCUT2D eigenvalue weighted by Gasteiger charge is -2.16. The fraction of sp³-hybridized carbons (Fsp3) is 0.455. The summed E-state index contributed by atoms with van der Waals surface area (Å²) in [5.74, 6) is 0.110. The Morgan fingerprint density at radius 3 is 2.47 bits per heavy atom. The average molecular weight is 246 g/mol. The summed E-state index contributed by atoms with van der Waals surface area (Å²) in [6, 6.07) is 1.60. The monoisotopic (exact) mass is 245 g/mol. The predicted molar refractivity (Wildman–Crippen MR) is 62.4 cm³/mol. The lowest BCUT2D eigenvalue weighted by atomic mass is 9.88. The number of nitrogens with zero attached hydrogens (tertiary/aromatic N) is 1. The maximum atomic E-state index is 11.7. The van der Waals surface area contributed by atoms with E-state index in [4.69, 9.17) is 23.2 Å². The van der Waals surface area contributed by atoms with Crippen LogP contribution in [0.1, 0.15) is 26.5 Å². The molecule has 0 spiro atoms. The molecule has 0 saturated heterocycles. The van der Waals surface area contributed by atoms with Gasteiger partial charge in [0.1, 0.15) is 5.78 Å². The number of carbonyl (C=O) groups excluding carboxylic acids is 1. The van der Waals surface area contributed by atoms with Crippen molar-refractivity contribution in [2.45, 2.75) is 27.2 Å². The fourth-order valence-electron chi connectivity index (χ4n) is 0.990. The Balaban J connectivity index is 2.87. The molecule has 1 rings (SSSR count). The molecular formula is C11H13Cl2NO. The molecule has 0 amide bonds. The molecule has 0 aliphatic carbocycles. The van der Waals surface area contributed by atoms with Gasteiger partial charge in [0.05, 0.1) is 22.2 Å². The Hall–Kier alpha value is -0.600. The molecule has 0 aromatic carbocycles. The Bertz CT molecular complexity index is 383. The van der Waals surface area contributed by atoms with Crippen molar-refractivity contribution < 1.29 is 4.79 Å². The van der Waals surface area contributed by atoms with E-state index in [1.807, 2.05) is 20.8 Å². The summed E-state index contributed by atoms with van der Waals surface area (Å²) in [5.41, 5.74) is 0.214. The third-order valence-electron chi connectivity index (χ3n) is 2.05. The van der Waals surface area contributed by atoms with Crippen LogP contribution in [0.5, 0.6) is 0 Å². The van der Waals surface area contributed by atoms with E-state index < -0.39 is 0 Å². The number of ketones is 1. The van der Waals surface area contributed by atoms with Gasteiger partial charge in [0.2, 0.25) is 0 Å². The van der Waals surface area contributed by atoms with Crippen LogP contribution in [-0.2, 0) is 11.2 Å². The molecule has 0 aliphatic heterocycles. The van der Waals surface area contributed by atoms with Crippen LogP contribution >= 0.6 is 23.2 Å². The Morgan fingerprint density at radius 1 is 1.40 bits per heavy atom. The van der Waals surface area contributed by atoms with Crippen molar-refractivity contribution in [2.24, 2.45) is 5.41 Å². The second-order valence-electron chi connectivity index (χ2n) is 4.43. The van der Waals surface area contributed by atoms with E-state index in [-0.39, 0.29) is 17.6 Å². The highest BCUT2D eigenvalue weighted by molar-refractivity contribution is 6.34. The van der Waals surface area contributed by atoms with Gasteiger partial charge in [-0.25, -0.2) is 0 Å². The van der Waals surface area contributed by atoms with Crippen molar-refractivity contribution in [3.63, 3.8) is 0 Å². The van der Waals surface area contributed by atoms with Crippen LogP contribution in [-0.4, -0.2) is 10.8 Å². The largest absolute Gasteiger partial charge is 0.299 e. The van der Waals surface area contributed by atoms with Gasteiger partial charge in [-0.05, 0) is 6.07 Å². The molecule has 2 nitrogen and oxygen atoms in total. The van der Waals surface area contributed by atoms with Crippen molar-refractivity contribution in [2.75, 3.05) is 0 Å². The van der Waals surface area contributed by atoms with E-state index >= 15 is 0 Å². The summed E-state index contributed by atoms with van der Waals surface area (Å²) in [5, 5.41) is 0.923. The lowest BCUT2D eigenvalue weighted by Crippen LogP contribution is -2.22. The molecule has 0 fully saturated rings. The molecule has 0 saturated carbocycles. The van der Waals surface area contributed by atoms with E-state index in [1.54, 1.807) is 6.07 Å². The Labute approximate surface area is 99.6 Å². The number of hydrogen-bond acceptors (Lipinski definition) is 2. The van der Waals surface area contributed by atoms with Crippen molar-refractivity contribution in [1.82, 2.24) is 4.98 Å². The van der Waals surface area contributed by atoms with Crippen molar-refractivity contribution >= 4 is 29.0 Å². The third kappa shape index (κ3) is 3.47. The molecule has 1 aromatic rings. The van der Waals surface area contributed by atoms with Gasteiger partial charge in [0, 0.05) is 11.6 Å². The zero-order chi connectivity index (χ0) is 11.6. The maximum absolute atomic E-state index is 11.7. The van der Waals surface area contributed by atoms with Gasteiger partial charge >= 0.3 is 0 Å². The molecule has 1 aromatic heterocycles. The zero-order valence-corrected chi connectivity index (χ0v) is 10.5. The van der Waals surface area contributed by atoms with Gasteiger partial charge in [-0.15, -0.1) is 0 Å². The smallest absolute Gasteiger partial charge is 0.144 e. The SMILES string of the molecule is CC(C)(C)C(=O)Cc1ncc(Cl)cc1Cl. The molecule has 0 aliphatic rings. The van der Waals surface area contributed by atoms with E-state index in [1.165, 1.54) is 6.20 Å². The minimum atomic E-state index is -0.370. The lowest BCUT2D eigenvalue weighted by molar-refractivity contribution is -0.125. The standard InChI is InChI=1S/C11H13Cl2NO/c1-11(2,3)10(15)5-9-8(13)4-7(12)6-14-9/h4,6H,5H2,1-3H3. The second kappa shape index (κ2) is 4.50. The van der Waals surface area contributed by atoms with Crippen LogP contribution in [0.2, 0.25) is 10.0 Å². The zero-order valence-electron chi connectivity index (χ0n) is 8.97. The van der Waals surface area contributed by atoms with E-state index in [2.05, 4.69) is 4.98 Å². The quantitative estimate of drug-likeness (QED) is 0.798. The highest BCUT2D eigenvalue weighted by atomic mass is 35.5. The summed E-state index contributed by atoms with van der Waals surface area (Å²) in [6.07, 6.45) is 1.75. The average Bonchev–Trinajstić information content (AvgIpc) is 2.08. The molecule has 0 radical (unpaired) electrons. The van der Waals surface area contributed by atoms with Crippen molar-refractivity contribution in [3.8, 4) is 0 Å². The van der Waals surface area contributed by atoms with Crippen LogP contribution in [0.3, 0.4) is 0 Å². The predicted octanol–water partition coefficient (Wildman–Crippen LogP) is 3.55. The first-order chi connectivity index (χ1) is 6.80. The number of carbonyl (C=O) groups is 1. The van der Waals surface area contributed by atoms with Crippen LogP contribution in [0, 0.1) is 5.41 Å². The van der Waals surface area contributed by atoms with Gasteiger partial charge < -0.3 is 0 Å². The summed E-state index contributed by atoms with van der Waals surface area (Å²) in [6.45, 7) is 5.62. The van der Waals surface area contributed by atoms with E-state index in [0.717, 1.165) is 0 Å². The van der Waals surface area contributed by atoms with Gasteiger partial charge in [-0.3, -0.25) is 9.78 Å². The number of pyridine rings is 1. The molecule has 0 bridgehead atoms. The van der Waals surface area contributed by atoms with Crippen LogP contribution in [0.4, 0.5) is 0 Å². The molecule has 15 heavy (non-hydrogen) atoms.